The van der Waals surface area contributed by atoms with Crippen molar-refractivity contribution in [1.29, 1.82) is 0 Å². The number of hydrogen-bond acceptors (Lipinski definition) is 8. The normalized spacial score (nSPS) is 17.9. The van der Waals surface area contributed by atoms with E-state index in [1.807, 2.05) is 44.2 Å². The molecule has 0 saturated carbocycles. The van der Waals surface area contributed by atoms with Crippen LogP contribution in [0.5, 0.6) is 0 Å². The molecule has 3 amide bonds. The van der Waals surface area contributed by atoms with Crippen LogP contribution in [-0.4, -0.2) is 78.0 Å². The molecule has 1 aromatic carbocycles. The van der Waals surface area contributed by atoms with Crippen LogP contribution in [0.15, 0.2) is 30.3 Å². The summed E-state index contributed by atoms with van der Waals surface area (Å²) in [5.41, 5.74) is 6.46. The summed E-state index contributed by atoms with van der Waals surface area (Å²) in [5.74, 6) is -3.80. The maximum absolute atomic E-state index is 13.3. The Kier molecular flexibility index (Phi) is 11.9. The van der Waals surface area contributed by atoms with Gasteiger partial charge in [0, 0.05) is 6.54 Å². The first-order chi connectivity index (χ1) is 18.2. The molecule has 0 radical (unpaired) electrons. The summed E-state index contributed by atoms with van der Waals surface area (Å²) in [6.07, 6.45) is 1.10. The fraction of sp³-hybridized carbons (Fsp3) is 0.615. The van der Waals surface area contributed by atoms with Crippen molar-refractivity contribution in [2.24, 2.45) is 17.6 Å². The van der Waals surface area contributed by atoms with E-state index in [1.165, 1.54) is 4.90 Å². The molecule has 0 aromatic heterocycles. The van der Waals surface area contributed by atoms with Gasteiger partial charge in [-0.15, -0.1) is 0 Å². The van der Waals surface area contributed by atoms with Crippen molar-refractivity contribution in [3.8, 4) is 0 Å². The Hall–Kier alpha value is -3.03. The molecule has 1 aliphatic rings. The second-order valence-electron chi connectivity index (χ2n) is 10.6. The highest BCUT2D eigenvalue weighted by molar-refractivity contribution is 7.85. The van der Waals surface area contributed by atoms with Crippen molar-refractivity contribution in [1.82, 2.24) is 15.5 Å². The van der Waals surface area contributed by atoms with Crippen LogP contribution in [0.3, 0.4) is 0 Å². The molecular formula is C26H40N4O8S. The van der Waals surface area contributed by atoms with Crippen LogP contribution in [-0.2, 0) is 40.6 Å². The number of rotatable bonds is 13. The predicted octanol–water partition coefficient (Wildman–Crippen LogP) is 0.608. The summed E-state index contributed by atoms with van der Waals surface area (Å²) in [7, 11) is -4.49. The van der Waals surface area contributed by atoms with Crippen molar-refractivity contribution in [3.63, 3.8) is 0 Å². The van der Waals surface area contributed by atoms with E-state index < -0.39 is 63.7 Å². The number of nitrogens with one attached hydrogen (secondary N) is 2. The van der Waals surface area contributed by atoms with Gasteiger partial charge in [-0.25, -0.2) is 4.79 Å². The molecule has 1 fully saturated rings. The van der Waals surface area contributed by atoms with Gasteiger partial charge in [0.05, 0.1) is 5.75 Å². The fourth-order valence-electron chi connectivity index (χ4n) is 4.37. The second kappa shape index (κ2) is 14.4. The molecule has 1 aliphatic heterocycles. The minimum Gasteiger partial charge on any atom is -0.459 e. The molecule has 0 spiro atoms. The van der Waals surface area contributed by atoms with Gasteiger partial charge in [0.25, 0.3) is 10.1 Å². The van der Waals surface area contributed by atoms with Crippen LogP contribution in [0.4, 0.5) is 0 Å². The van der Waals surface area contributed by atoms with E-state index in [1.54, 1.807) is 13.8 Å². The van der Waals surface area contributed by atoms with Crippen LogP contribution in [0.1, 0.15) is 52.5 Å². The van der Waals surface area contributed by atoms with Gasteiger partial charge >= 0.3 is 5.97 Å². The molecule has 0 unspecified atom stereocenters. The van der Waals surface area contributed by atoms with Crippen molar-refractivity contribution in [2.75, 3.05) is 12.3 Å². The second-order valence-corrected chi connectivity index (χ2v) is 12.1. The lowest BCUT2D eigenvalue weighted by atomic mass is 10.00. The van der Waals surface area contributed by atoms with Crippen LogP contribution in [0.2, 0.25) is 0 Å². The van der Waals surface area contributed by atoms with Crippen molar-refractivity contribution in [2.45, 2.75) is 77.7 Å². The van der Waals surface area contributed by atoms with Crippen LogP contribution >= 0.6 is 0 Å². The first-order valence-electron chi connectivity index (χ1n) is 13.0. The standard InChI is InChI=1S/C26H40N4O8S/c1-16(2)13-20(26(34)38-14-18-9-6-5-7-10-18)28-24(32)22(17(3)4)29-23(31)21-11-8-12-30(21)25(33)19(27)15-39(35,36)37/h5-7,9-10,16-17,19-22H,8,11-15,27H2,1-4H3,(H,28,32)(H,29,31)(H,35,36,37)/t19-,20+,21+,22-/m1/s1. The van der Waals surface area contributed by atoms with Gasteiger partial charge in [-0.05, 0) is 36.7 Å². The van der Waals surface area contributed by atoms with E-state index in [9.17, 15) is 27.6 Å². The highest BCUT2D eigenvalue weighted by Crippen LogP contribution is 2.19. The summed E-state index contributed by atoms with van der Waals surface area (Å²) >= 11 is 0. The fourth-order valence-corrected chi connectivity index (χ4v) is 4.97. The SMILES string of the molecule is CC(C)C[C@H](NC(=O)[C@H](NC(=O)[C@@H]1CCCN1C(=O)[C@H](N)CS(=O)(=O)O)C(C)C)C(=O)OCc1ccccc1. The summed E-state index contributed by atoms with van der Waals surface area (Å²) in [6, 6.07) is 4.71. The van der Waals surface area contributed by atoms with E-state index in [0.717, 1.165) is 5.56 Å². The van der Waals surface area contributed by atoms with E-state index in [4.69, 9.17) is 15.0 Å². The zero-order valence-corrected chi connectivity index (χ0v) is 23.6. The first-order valence-corrected chi connectivity index (χ1v) is 14.6. The Morgan fingerprint density at radius 1 is 1.10 bits per heavy atom. The molecule has 2 rings (SSSR count). The molecule has 0 aliphatic carbocycles. The highest BCUT2D eigenvalue weighted by atomic mass is 32.2. The third-order valence-corrected chi connectivity index (χ3v) is 7.11. The molecule has 5 N–H and O–H groups in total. The molecular weight excluding hydrogens is 528 g/mol. The number of benzene rings is 1. The monoisotopic (exact) mass is 568 g/mol. The molecule has 0 bridgehead atoms. The molecule has 218 valence electrons. The van der Waals surface area contributed by atoms with Crippen molar-refractivity contribution < 1.29 is 36.9 Å². The van der Waals surface area contributed by atoms with Gasteiger partial charge in [0.2, 0.25) is 17.7 Å². The quantitative estimate of drug-likeness (QED) is 0.195. The van der Waals surface area contributed by atoms with E-state index in [2.05, 4.69) is 10.6 Å². The zero-order chi connectivity index (χ0) is 29.3. The number of carbonyl (C=O) groups excluding carboxylic acids is 4. The Morgan fingerprint density at radius 3 is 2.31 bits per heavy atom. The van der Waals surface area contributed by atoms with Crippen molar-refractivity contribution in [3.05, 3.63) is 35.9 Å². The third-order valence-electron chi connectivity index (χ3n) is 6.32. The summed E-state index contributed by atoms with van der Waals surface area (Å²) in [5, 5.41) is 5.40. The number of esters is 1. The van der Waals surface area contributed by atoms with E-state index in [0.29, 0.717) is 19.3 Å². The number of nitrogens with zero attached hydrogens (tertiary/aromatic N) is 1. The lowest BCUT2D eigenvalue weighted by molar-refractivity contribution is -0.150. The van der Waals surface area contributed by atoms with Gasteiger partial charge in [-0.3, -0.25) is 18.9 Å². The Bertz CT molecular complexity index is 1110. The van der Waals surface area contributed by atoms with Gasteiger partial charge < -0.3 is 26.0 Å². The number of carbonyl (C=O) groups is 4. The molecule has 12 nitrogen and oxygen atoms in total. The van der Waals surface area contributed by atoms with E-state index >= 15 is 0 Å². The third kappa shape index (κ3) is 10.2. The van der Waals surface area contributed by atoms with Gasteiger partial charge in [0.15, 0.2) is 0 Å². The number of ether oxygens (including phenoxy) is 1. The summed E-state index contributed by atoms with van der Waals surface area (Å²) in [4.78, 5) is 53.1. The van der Waals surface area contributed by atoms with Crippen LogP contribution in [0, 0.1) is 11.8 Å². The maximum atomic E-state index is 13.3. The average molecular weight is 569 g/mol. The topological polar surface area (TPSA) is 185 Å². The van der Waals surface area contributed by atoms with Gasteiger partial charge in [-0.2, -0.15) is 8.42 Å². The largest absolute Gasteiger partial charge is 0.459 e. The number of nitrogens with two attached hydrogens (primary N) is 1. The van der Waals surface area contributed by atoms with E-state index in [-0.39, 0.29) is 25.0 Å². The van der Waals surface area contributed by atoms with Crippen molar-refractivity contribution >= 4 is 33.8 Å². The minimum atomic E-state index is -4.49. The minimum absolute atomic E-state index is 0.0553. The number of likely N-dealkylation sites (tertiary alicyclic amines) is 1. The smallest absolute Gasteiger partial charge is 0.328 e. The number of hydrogen-bond donors (Lipinski definition) is 4. The average Bonchev–Trinajstić information content (AvgIpc) is 3.34. The summed E-state index contributed by atoms with van der Waals surface area (Å²) in [6.45, 7) is 7.51. The molecule has 13 heteroatoms. The molecule has 39 heavy (non-hydrogen) atoms. The first kappa shape index (κ1) is 32.2. The Balaban J connectivity index is 2.08. The Morgan fingerprint density at radius 2 is 1.74 bits per heavy atom. The molecule has 4 atom stereocenters. The predicted molar refractivity (Wildman–Crippen MR) is 144 cm³/mol. The van der Waals surface area contributed by atoms with Crippen LogP contribution in [0.25, 0.3) is 0 Å². The van der Waals surface area contributed by atoms with Gasteiger partial charge in [-0.1, -0.05) is 58.0 Å². The number of amides is 3. The Labute approximate surface area is 229 Å². The lowest BCUT2D eigenvalue weighted by Gasteiger charge is -2.30. The zero-order valence-electron chi connectivity index (χ0n) is 22.8. The van der Waals surface area contributed by atoms with Crippen LogP contribution < -0.4 is 16.4 Å². The summed E-state index contributed by atoms with van der Waals surface area (Å²) < 4.78 is 36.7. The molecule has 1 heterocycles. The van der Waals surface area contributed by atoms with Gasteiger partial charge in [0.1, 0.15) is 30.8 Å². The molecule has 1 aromatic rings. The maximum Gasteiger partial charge on any atom is 0.328 e. The highest BCUT2D eigenvalue weighted by Gasteiger charge is 2.39. The molecule has 1 saturated heterocycles. The lowest BCUT2D eigenvalue weighted by Crippen LogP contribution is -2.58.